The molecular weight excluding hydrogens is 272 g/mol. The van der Waals surface area contributed by atoms with E-state index in [1.807, 2.05) is 17.5 Å². The number of thiazole rings is 1. The highest BCUT2D eigenvalue weighted by molar-refractivity contribution is 7.14. The van der Waals surface area contributed by atoms with E-state index in [1.54, 1.807) is 36.9 Å². The van der Waals surface area contributed by atoms with Gasteiger partial charge in [0.25, 0.3) is 5.91 Å². The SMILES string of the molecule is O=C(Nc1nc(-c2ccncc2)cs1)c1ccncc1. The van der Waals surface area contributed by atoms with Crippen molar-refractivity contribution in [2.75, 3.05) is 5.32 Å². The third kappa shape index (κ3) is 2.70. The van der Waals surface area contributed by atoms with E-state index < -0.39 is 0 Å². The topological polar surface area (TPSA) is 67.8 Å². The molecule has 5 nitrogen and oxygen atoms in total. The molecule has 0 saturated carbocycles. The van der Waals surface area contributed by atoms with E-state index >= 15 is 0 Å². The second-order valence-corrected chi connectivity index (χ2v) is 4.82. The Morgan fingerprint density at radius 2 is 1.65 bits per heavy atom. The molecule has 0 aliphatic carbocycles. The predicted octanol–water partition coefficient (Wildman–Crippen LogP) is 2.85. The van der Waals surface area contributed by atoms with Crippen molar-refractivity contribution in [3.05, 3.63) is 60.0 Å². The fourth-order valence-electron chi connectivity index (χ4n) is 1.66. The van der Waals surface area contributed by atoms with Crippen LogP contribution in [0.25, 0.3) is 11.3 Å². The summed E-state index contributed by atoms with van der Waals surface area (Å²) in [5.41, 5.74) is 2.35. The number of carbonyl (C=O) groups excluding carboxylic acids is 1. The van der Waals surface area contributed by atoms with E-state index in [1.165, 1.54) is 11.3 Å². The van der Waals surface area contributed by atoms with Gasteiger partial charge in [0.2, 0.25) is 0 Å². The van der Waals surface area contributed by atoms with Gasteiger partial charge < -0.3 is 0 Å². The Labute approximate surface area is 119 Å². The molecule has 0 atom stereocenters. The number of nitrogens with zero attached hydrogens (tertiary/aromatic N) is 3. The molecule has 20 heavy (non-hydrogen) atoms. The highest BCUT2D eigenvalue weighted by Gasteiger charge is 2.09. The number of amides is 1. The van der Waals surface area contributed by atoms with Crippen LogP contribution >= 0.6 is 11.3 Å². The van der Waals surface area contributed by atoms with Gasteiger partial charge in [0.05, 0.1) is 5.69 Å². The molecule has 1 amide bonds. The molecule has 3 rings (SSSR count). The van der Waals surface area contributed by atoms with Gasteiger partial charge in [0.1, 0.15) is 0 Å². The number of carbonyl (C=O) groups is 1. The van der Waals surface area contributed by atoms with E-state index in [0.717, 1.165) is 11.3 Å². The van der Waals surface area contributed by atoms with Gasteiger partial charge in [-0.05, 0) is 24.3 Å². The Morgan fingerprint density at radius 3 is 2.35 bits per heavy atom. The second-order valence-electron chi connectivity index (χ2n) is 3.96. The summed E-state index contributed by atoms with van der Waals surface area (Å²) in [7, 11) is 0. The number of aromatic nitrogens is 3. The van der Waals surface area contributed by atoms with Crippen molar-refractivity contribution in [1.82, 2.24) is 15.0 Å². The lowest BCUT2D eigenvalue weighted by Gasteiger charge is -2.00. The Hall–Kier alpha value is -2.60. The largest absolute Gasteiger partial charge is 0.298 e. The first kappa shape index (κ1) is 12.4. The Kier molecular flexibility index (Phi) is 3.47. The molecule has 3 heterocycles. The predicted molar refractivity (Wildman–Crippen MR) is 77.5 cm³/mol. The van der Waals surface area contributed by atoms with Gasteiger partial charge in [-0.3, -0.25) is 20.1 Å². The lowest BCUT2D eigenvalue weighted by Crippen LogP contribution is -2.11. The molecule has 0 aliphatic heterocycles. The molecule has 3 aromatic heterocycles. The Balaban J connectivity index is 1.77. The summed E-state index contributed by atoms with van der Waals surface area (Å²) in [4.78, 5) is 24.2. The van der Waals surface area contributed by atoms with Crippen molar-refractivity contribution in [3.8, 4) is 11.3 Å². The molecule has 0 unspecified atom stereocenters. The van der Waals surface area contributed by atoms with Crippen molar-refractivity contribution in [2.24, 2.45) is 0 Å². The normalized spacial score (nSPS) is 10.2. The molecule has 0 saturated heterocycles. The molecule has 0 aliphatic rings. The van der Waals surface area contributed by atoms with Gasteiger partial charge in [-0.25, -0.2) is 4.98 Å². The van der Waals surface area contributed by atoms with Gasteiger partial charge in [-0.15, -0.1) is 11.3 Å². The number of hydrogen-bond acceptors (Lipinski definition) is 5. The molecule has 0 bridgehead atoms. The molecule has 0 spiro atoms. The van der Waals surface area contributed by atoms with Crippen LogP contribution in [0.4, 0.5) is 5.13 Å². The van der Waals surface area contributed by atoms with E-state index in [4.69, 9.17) is 0 Å². The summed E-state index contributed by atoms with van der Waals surface area (Å²) in [6, 6.07) is 7.08. The van der Waals surface area contributed by atoms with Crippen LogP contribution in [0.2, 0.25) is 0 Å². The standard InChI is InChI=1S/C14H10N4OS/c19-13(11-3-7-16-8-4-11)18-14-17-12(9-20-14)10-1-5-15-6-2-10/h1-9H,(H,17,18,19). The minimum Gasteiger partial charge on any atom is -0.298 e. The zero-order valence-electron chi connectivity index (χ0n) is 10.4. The highest BCUT2D eigenvalue weighted by Crippen LogP contribution is 2.24. The summed E-state index contributed by atoms with van der Waals surface area (Å²) in [5.74, 6) is -0.192. The number of hydrogen-bond donors (Lipinski definition) is 1. The molecule has 0 fully saturated rings. The maximum Gasteiger partial charge on any atom is 0.257 e. The fraction of sp³-hybridized carbons (Fsp3) is 0. The molecule has 98 valence electrons. The molecule has 6 heteroatoms. The Morgan fingerprint density at radius 1 is 1.00 bits per heavy atom. The first-order valence-corrected chi connectivity index (χ1v) is 6.78. The zero-order chi connectivity index (χ0) is 13.8. The van der Waals surface area contributed by atoms with Crippen LogP contribution < -0.4 is 5.32 Å². The van der Waals surface area contributed by atoms with E-state index in [-0.39, 0.29) is 5.91 Å². The summed E-state index contributed by atoms with van der Waals surface area (Å²) in [6.45, 7) is 0. The quantitative estimate of drug-likeness (QED) is 0.802. The summed E-state index contributed by atoms with van der Waals surface area (Å²) < 4.78 is 0. The minimum atomic E-state index is -0.192. The second kappa shape index (κ2) is 5.58. The summed E-state index contributed by atoms with van der Waals surface area (Å²) in [6.07, 6.45) is 6.59. The van der Waals surface area contributed by atoms with Crippen LogP contribution in [0.1, 0.15) is 10.4 Å². The van der Waals surface area contributed by atoms with Crippen molar-refractivity contribution in [1.29, 1.82) is 0 Å². The van der Waals surface area contributed by atoms with Crippen LogP contribution in [0.5, 0.6) is 0 Å². The van der Waals surface area contributed by atoms with E-state index in [0.29, 0.717) is 10.7 Å². The number of rotatable bonds is 3. The average Bonchev–Trinajstić information content (AvgIpc) is 2.97. The number of pyridine rings is 2. The minimum absolute atomic E-state index is 0.192. The lowest BCUT2D eigenvalue weighted by atomic mass is 10.2. The maximum absolute atomic E-state index is 12.0. The monoisotopic (exact) mass is 282 g/mol. The molecule has 0 radical (unpaired) electrons. The Bertz CT molecular complexity index is 712. The van der Waals surface area contributed by atoms with Crippen LogP contribution in [-0.4, -0.2) is 20.9 Å². The van der Waals surface area contributed by atoms with Gasteiger partial charge in [-0.1, -0.05) is 0 Å². The smallest absolute Gasteiger partial charge is 0.257 e. The van der Waals surface area contributed by atoms with Crippen molar-refractivity contribution < 1.29 is 4.79 Å². The maximum atomic E-state index is 12.0. The van der Waals surface area contributed by atoms with Gasteiger partial charge in [0, 0.05) is 41.3 Å². The fourth-order valence-corrected chi connectivity index (χ4v) is 2.37. The first-order valence-electron chi connectivity index (χ1n) is 5.90. The first-order chi connectivity index (χ1) is 9.83. The van der Waals surface area contributed by atoms with E-state index in [2.05, 4.69) is 20.3 Å². The molecule has 3 aromatic rings. The summed E-state index contributed by atoms with van der Waals surface area (Å²) in [5, 5.41) is 5.24. The van der Waals surface area contributed by atoms with E-state index in [9.17, 15) is 4.79 Å². The van der Waals surface area contributed by atoms with Crippen LogP contribution in [0.15, 0.2) is 54.4 Å². The summed E-state index contributed by atoms with van der Waals surface area (Å²) >= 11 is 1.39. The molecular formula is C14H10N4OS. The third-order valence-corrected chi connectivity index (χ3v) is 3.40. The lowest BCUT2D eigenvalue weighted by molar-refractivity contribution is 0.102. The van der Waals surface area contributed by atoms with Crippen molar-refractivity contribution in [2.45, 2.75) is 0 Å². The van der Waals surface area contributed by atoms with Crippen LogP contribution in [-0.2, 0) is 0 Å². The van der Waals surface area contributed by atoms with Crippen molar-refractivity contribution in [3.63, 3.8) is 0 Å². The molecule has 0 aromatic carbocycles. The third-order valence-electron chi connectivity index (χ3n) is 2.64. The van der Waals surface area contributed by atoms with Crippen LogP contribution in [0, 0.1) is 0 Å². The van der Waals surface area contributed by atoms with Crippen LogP contribution in [0.3, 0.4) is 0 Å². The van der Waals surface area contributed by atoms with Crippen molar-refractivity contribution >= 4 is 22.4 Å². The number of nitrogens with one attached hydrogen (secondary N) is 1. The van der Waals surface area contributed by atoms with Gasteiger partial charge in [0.15, 0.2) is 5.13 Å². The number of anilines is 1. The van der Waals surface area contributed by atoms with Gasteiger partial charge >= 0.3 is 0 Å². The highest BCUT2D eigenvalue weighted by atomic mass is 32.1. The average molecular weight is 282 g/mol. The van der Waals surface area contributed by atoms with Gasteiger partial charge in [-0.2, -0.15) is 0 Å². The zero-order valence-corrected chi connectivity index (χ0v) is 11.2. The molecule has 1 N–H and O–H groups in total.